The monoisotopic (exact) mass is 294 g/mol. The maximum Gasteiger partial charge on any atom is 0.336 e. The van der Waals surface area contributed by atoms with Crippen LogP contribution in [0, 0.1) is 0 Å². The molecule has 0 saturated heterocycles. The number of carbonyl (C=O) groups is 2. The van der Waals surface area contributed by atoms with Crippen LogP contribution in [-0.2, 0) is 0 Å². The zero-order valence-electron chi connectivity index (χ0n) is 9.70. The molecule has 0 unspecified atom stereocenters. The molecule has 0 heterocycles. The number of benzene rings is 1. The fourth-order valence-corrected chi connectivity index (χ4v) is 3.54. The number of hydrogen-bond donors (Lipinski definition) is 2. The topological polar surface area (TPSA) is 74.6 Å². The number of rotatable bonds is 6. The molecule has 2 N–H and O–H groups in total. The van der Waals surface area contributed by atoms with Crippen LogP contribution >= 0.6 is 23.5 Å². The van der Waals surface area contributed by atoms with Crippen LogP contribution in [0.5, 0.6) is 0 Å². The summed E-state index contributed by atoms with van der Waals surface area (Å²) in [6, 6.07) is 4.05. The van der Waals surface area contributed by atoms with Gasteiger partial charge in [-0.2, -0.15) is 0 Å². The number of allylic oxidation sites excluding steroid dienone is 3. The number of hydrogen-bond acceptors (Lipinski definition) is 4. The van der Waals surface area contributed by atoms with Crippen LogP contribution in [0.4, 0.5) is 0 Å². The second kappa shape index (κ2) is 5.99. The van der Waals surface area contributed by atoms with Crippen molar-refractivity contribution < 1.29 is 19.8 Å². The molecule has 0 radical (unpaired) electrons. The summed E-state index contributed by atoms with van der Waals surface area (Å²) >= 11 is 2.92. The van der Waals surface area contributed by atoms with Gasteiger partial charge in [0.1, 0.15) is 0 Å². The highest BCUT2D eigenvalue weighted by molar-refractivity contribution is 8.18. The van der Waals surface area contributed by atoms with E-state index in [1.54, 1.807) is 11.8 Å². The fraction of sp³-hybridized carbons (Fsp3) is 0.0769. The largest absolute Gasteiger partial charge is 0.478 e. The first kappa shape index (κ1) is 13.8. The van der Waals surface area contributed by atoms with Crippen molar-refractivity contribution in [2.24, 2.45) is 0 Å². The summed E-state index contributed by atoms with van der Waals surface area (Å²) in [6.07, 6.45) is 5.87. The van der Waals surface area contributed by atoms with Gasteiger partial charge >= 0.3 is 11.9 Å². The number of aromatic carboxylic acids is 2. The molecule has 0 bridgehead atoms. The van der Waals surface area contributed by atoms with Crippen LogP contribution in [-0.4, -0.2) is 27.2 Å². The predicted octanol–water partition coefficient (Wildman–Crippen LogP) is 3.32. The quantitative estimate of drug-likeness (QED) is 0.619. The van der Waals surface area contributed by atoms with Crippen molar-refractivity contribution in [2.45, 2.75) is 4.90 Å². The minimum Gasteiger partial charge on any atom is -0.478 e. The van der Waals surface area contributed by atoms with E-state index in [9.17, 15) is 9.59 Å². The SMILES string of the molecule is O=C(O)c1ccc(C(=O)O)c(SCSC2=CC=C2)c1. The lowest BCUT2D eigenvalue weighted by Crippen LogP contribution is -2.03. The van der Waals surface area contributed by atoms with E-state index in [1.165, 1.54) is 30.0 Å². The van der Waals surface area contributed by atoms with Crippen molar-refractivity contribution in [1.82, 2.24) is 0 Å². The number of carboxylic acids is 2. The molecule has 1 aromatic carbocycles. The van der Waals surface area contributed by atoms with E-state index in [1.807, 2.05) is 18.2 Å². The standard InChI is InChI=1S/C13H10O4S2/c14-12(15)8-4-5-10(13(16)17)11(6-8)19-7-18-9-2-1-3-9/h1-6H,7H2,(H,14,15)(H,16,17). The molecule has 6 heteroatoms. The average molecular weight is 294 g/mol. The Balaban J connectivity index is 2.12. The smallest absolute Gasteiger partial charge is 0.336 e. The highest BCUT2D eigenvalue weighted by Gasteiger charge is 2.14. The third kappa shape index (κ3) is 3.42. The normalized spacial score (nSPS) is 12.7. The molecule has 1 aliphatic rings. The van der Waals surface area contributed by atoms with Crippen molar-refractivity contribution in [3.8, 4) is 0 Å². The summed E-state index contributed by atoms with van der Waals surface area (Å²) in [4.78, 5) is 23.6. The maximum absolute atomic E-state index is 11.1. The minimum atomic E-state index is -1.06. The van der Waals surface area contributed by atoms with Crippen LogP contribution in [0.3, 0.4) is 0 Å². The van der Waals surface area contributed by atoms with Gasteiger partial charge in [-0.15, -0.1) is 23.5 Å². The second-order valence-corrected chi connectivity index (χ2v) is 6.09. The third-order valence-corrected chi connectivity index (χ3v) is 4.62. The highest BCUT2D eigenvalue weighted by Crippen LogP contribution is 2.32. The van der Waals surface area contributed by atoms with Crippen molar-refractivity contribution in [1.29, 1.82) is 0 Å². The first-order valence-corrected chi connectivity index (χ1v) is 7.29. The molecule has 1 aliphatic carbocycles. The Labute approximate surface area is 118 Å². The van der Waals surface area contributed by atoms with Crippen LogP contribution in [0.15, 0.2) is 46.2 Å². The molecule has 0 spiro atoms. The van der Waals surface area contributed by atoms with E-state index in [0.717, 1.165) is 4.91 Å². The molecule has 0 aliphatic heterocycles. The first-order chi connectivity index (χ1) is 9.08. The fourth-order valence-electron chi connectivity index (χ4n) is 1.38. The summed E-state index contributed by atoms with van der Waals surface area (Å²) in [5.74, 6) is -2.11. The Morgan fingerprint density at radius 1 is 1.11 bits per heavy atom. The zero-order valence-corrected chi connectivity index (χ0v) is 11.3. The molecule has 19 heavy (non-hydrogen) atoms. The molecule has 98 valence electrons. The van der Waals surface area contributed by atoms with Crippen molar-refractivity contribution in [2.75, 3.05) is 5.08 Å². The summed E-state index contributed by atoms with van der Waals surface area (Å²) in [6.45, 7) is 0. The highest BCUT2D eigenvalue weighted by atomic mass is 32.2. The van der Waals surface area contributed by atoms with Gasteiger partial charge in [-0.1, -0.05) is 6.08 Å². The number of thioether (sulfide) groups is 2. The Morgan fingerprint density at radius 3 is 2.37 bits per heavy atom. The van der Waals surface area contributed by atoms with Crippen molar-refractivity contribution in [3.05, 3.63) is 52.5 Å². The van der Waals surface area contributed by atoms with Crippen LogP contribution < -0.4 is 0 Å². The first-order valence-electron chi connectivity index (χ1n) is 5.32. The van der Waals surface area contributed by atoms with Gasteiger partial charge in [0.15, 0.2) is 0 Å². The molecule has 4 nitrogen and oxygen atoms in total. The molecule has 0 atom stereocenters. The summed E-state index contributed by atoms with van der Waals surface area (Å²) in [7, 11) is 0. The maximum atomic E-state index is 11.1. The lowest BCUT2D eigenvalue weighted by Gasteiger charge is -2.09. The van der Waals surface area contributed by atoms with Crippen LogP contribution in [0.2, 0.25) is 0 Å². The van der Waals surface area contributed by atoms with Gasteiger partial charge in [0, 0.05) is 14.9 Å². The Hall–Kier alpha value is -1.66. The average Bonchev–Trinajstić information content (AvgIpc) is 2.31. The molecule has 1 aromatic rings. The number of carboxylic acid groups (broad SMARTS) is 2. The van der Waals surface area contributed by atoms with Crippen molar-refractivity contribution in [3.63, 3.8) is 0 Å². The Bertz CT molecular complexity index is 590. The predicted molar refractivity (Wildman–Crippen MR) is 75.9 cm³/mol. The Morgan fingerprint density at radius 2 is 1.84 bits per heavy atom. The third-order valence-electron chi connectivity index (χ3n) is 2.42. The molecule has 2 rings (SSSR count). The molecule has 0 fully saturated rings. The molecule has 0 amide bonds. The lowest BCUT2D eigenvalue weighted by molar-refractivity contribution is 0.0678. The van der Waals surface area contributed by atoms with E-state index in [0.29, 0.717) is 9.98 Å². The molecule has 0 saturated carbocycles. The van der Waals surface area contributed by atoms with Crippen LogP contribution in [0.1, 0.15) is 20.7 Å². The van der Waals surface area contributed by atoms with E-state index in [2.05, 4.69) is 0 Å². The Kier molecular flexibility index (Phi) is 4.34. The minimum absolute atomic E-state index is 0.0975. The summed E-state index contributed by atoms with van der Waals surface area (Å²) in [5, 5.41) is 18.6. The van der Waals surface area contributed by atoms with Gasteiger partial charge in [0.2, 0.25) is 0 Å². The van der Waals surface area contributed by atoms with Gasteiger partial charge in [0.25, 0.3) is 0 Å². The van der Waals surface area contributed by atoms with Crippen LogP contribution in [0.25, 0.3) is 0 Å². The second-order valence-electron chi connectivity index (χ2n) is 3.66. The van der Waals surface area contributed by atoms with Gasteiger partial charge in [0.05, 0.1) is 11.1 Å². The molecular weight excluding hydrogens is 284 g/mol. The van der Waals surface area contributed by atoms with E-state index < -0.39 is 11.9 Å². The summed E-state index contributed by atoms with van der Waals surface area (Å²) in [5.41, 5.74) is 0.231. The summed E-state index contributed by atoms with van der Waals surface area (Å²) < 4.78 is 0. The van der Waals surface area contributed by atoms with Gasteiger partial charge in [-0.3, -0.25) is 0 Å². The van der Waals surface area contributed by atoms with Gasteiger partial charge in [-0.25, -0.2) is 9.59 Å². The lowest BCUT2D eigenvalue weighted by atomic mass is 10.1. The van der Waals surface area contributed by atoms with Crippen molar-refractivity contribution >= 4 is 35.5 Å². The van der Waals surface area contributed by atoms with E-state index >= 15 is 0 Å². The van der Waals surface area contributed by atoms with Gasteiger partial charge in [-0.05, 0) is 30.4 Å². The molecule has 0 aromatic heterocycles. The molecular formula is C13H10O4S2. The zero-order chi connectivity index (χ0) is 13.8. The van der Waals surface area contributed by atoms with E-state index in [4.69, 9.17) is 10.2 Å². The van der Waals surface area contributed by atoms with E-state index in [-0.39, 0.29) is 11.1 Å². The van der Waals surface area contributed by atoms with Gasteiger partial charge < -0.3 is 10.2 Å².